The van der Waals surface area contributed by atoms with Gasteiger partial charge < -0.3 is 10.2 Å². The Bertz CT molecular complexity index is 538. The molecule has 3 rings (SSSR count). The van der Waals surface area contributed by atoms with Crippen molar-refractivity contribution in [1.82, 2.24) is 9.88 Å². The lowest BCUT2D eigenvalue weighted by Gasteiger charge is -2.31. The number of piperidine rings is 1. The molecule has 0 aliphatic carbocycles. The number of hydrogen-bond donors (Lipinski definition) is 1. The fourth-order valence-corrected chi connectivity index (χ4v) is 2.81. The van der Waals surface area contributed by atoms with Gasteiger partial charge in [0.15, 0.2) is 0 Å². The average molecular weight is 271 g/mol. The van der Waals surface area contributed by atoms with Crippen molar-refractivity contribution in [2.75, 3.05) is 19.6 Å². The second kappa shape index (κ2) is 6.20. The zero-order valence-corrected chi connectivity index (χ0v) is 11.7. The molecule has 2 heterocycles. The fraction of sp³-hybridized carbons (Fsp3) is 0.438. The van der Waals surface area contributed by atoms with E-state index in [0.717, 1.165) is 37.4 Å². The maximum Gasteiger partial charge on any atom is 0.226 e. The lowest BCUT2D eigenvalue weighted by atomic mass is 9.98. The molecule has 4 nitrogen and oxygen atoms in total. The Kier molecular flexibility index (Phi) is 4.14. The Morgan fingerprint density at radius 1 is 1.30 bits per heavy atom. The second-order valence-corrected chi connectivity index (χ2v) is 5.49. The van der Waals surface area contributed by atoms with Crippen LogP contribution in [0.25, 0.3) is 11.5 Å². The molecule has 1 aromatic carbocycles. The number of oxazole rings is 1. The largest absolute Gasteiger partial charge is 0.444 e. The minimum Gasteiger partial charge on any atom is -0.444 e. The monoisotopic (exact) mass is 271 g/mol. The number of likely N-dealkylation sites (tertiary alicyclic amines) is 1. The van der Waals surface area contributed by atoms with Gasteiger partial charge in [0.2, 0.25) is 5.89 Å². The molecule has 1 aliphatic heterocycles. The van der Waals surface area contributed by atoms with Crippen LogP contribution < -0.4 is 5.73 Å². The van der Waals surface area contributed by atoms with Crippen LogP contribution in [-0.4, -0.2) is 29.5 Å². The Morgan fingerprint density at radius 3 is 2.95 bits per heavy atom. The third kappa shape index (κ3) is 3.08. The average Bonchev–Trinajstić information content (AvgIpc) is 2.97. The second-order valence-electron chi connectivity index (χ2n) is 5.49. The third-order valence-electron chi connectivity index (χ3n) is 3.89. The van der Waals surface area contributed by atoms with Gasteiger partial charge in [-0.3, -0.25) is 4.90 Å². The van der Waals surface area contributed by atoms with E-state index in [-0.39, 0.29) is 0 Å². The SMILES string of the molecule is NCC1CCCN(Cc2coc(-c3ccccc3)n2)C1. The number of nitrogens with two attached hydrogens (primary N) is 1. The van der Waals surface area contributed by atoms with E-state index >= 15 is 0 Å². The van der Waals surface area contributed by atoms with E-state index in [9.17, 15) is 0 Å². The van der Waals surface area contributed by atoms with Crippen molar-refractivity contribution in [3.63, 3.8) is 0 Å². The van der Waals surface area contributed by atoms with Crippen LogP contribution in [0.5, 0.6) is 0 Å². The summed E-state index contributed by atoms with van der Waals surface area (Å²) < 4.78 is 5.58. The Balaban J connectivity index is 1.65. The molecule has 2 aromatic rings. The molecule has 2 N–H and O–H groups in total. The van der Waals surface area contributed by atoms with Crippen molar-refractivity contribution >= 4 is 0 Å². The van der Waals surface area contributed by atoms with Crippen molar-refractivity contribution in [1.29, 1.82) is 0 Å². The summed E-state index contributed by atoms with van der Waals surface area (Å²) in [5.41, 5.74) is 7.80. The predicted molar refractivity (Wildman–Crippen MR) is 79.0 cm³/mol. The molecule has 1 atom stereocenters. The normalized spacial score (nSPS) is 20.1. The van der Waals surface area contributed by atoms with E-state index in [2.05, 4.69) is 9.88 Å². The molecule has 1 unspecified atom stereocenters. The van der Waals surface area contributed by atoms with Crippen LogP contribution in [0.15, 0.2) is 41.0 Å². The zero-order valence-electron chi connectivity index (χ0n) is 11.7. The van der Waals surface area contributed by atoms with Crippen molar-refractivity contribution in [3.05, 3.63) is 42.3 Å². The van der Waals surface area contributed by atoms with Gasteiger partial charge in [-0.05, 0) is 44.0 Å². The first-order valence-corrected chi connectivity index (χ1v) is 7.27. The van der Waals surface area contributed by atoms with Gasteiger partial charge in [0.1, 0.15) is 6.26 Å². The number of hydrogen-bond acceptors (Lipinski definition) is 4. The summed E-state index contributed by atoms with van der Waals surface area (Å²) in [4.78, 5) is 7.01. The van der Waals surface area contributed by atoms with Crippen LogP contribution in [0, 0.1) is 5.92 Å². The van der Waals surface area contributed by atoms with Gasteiger partial charge in [-0.25, -0.2) is 4.98 Å². The number of rotatable bonds is 4. The van der Waals surface area contributed by atoms with E-state index in [1.807, 2.05) is 30.3 Å². The third-order valence-corrected chi connectivity index (χ3v) is 3.89. The summed E-state index contributed by atoms with van der Waals surface area (Å²) in [5, 5.41) is 0. The molecular weight excluding hydrogens is 250 g/mol. The van der Waals surface area contributed by atoms with E-state index in [4.69, 9.17) is 10.2 Å². The minimum atomic E-state index is 0.629. The van der Waals surface area contributed by atoms with Crippen LogP contribution in [0.2, 0.25) is 0 Å². The molecule has 20 heavy (non-hydrogen) atoms. The first-order chi connectivity index (χ1) is 9.85. The standard InChI is InChI=1S/C16H21N3O/c17-9-13-5-4-8-19(10-13)11-15-12-20-16(18-15)14-6-2-1-3-7-14/h1-3,6-7,12-13H,4-5,8-11,17H2. The van der Waals surface area contributed by atoms with Crippen molar-refractivity contribution in [2.45, 2.75) is 19.4 Å². The molecular formula is C16H21N3O. The Morgan fingerprint density at radius 2 is 2.15 bits per heavy atom. The molecule has 1 aromatic heterocycles. The predicted octanol–water partition coefficient (Wildman–Crippen LogP) is 2.51. The maximum atomic E-state index is 5.78. The highest BCUT2D eigenvalue weighted by atomic mass is 16.3. The number of nitrogens with zero attached hydrogens (tertiary/aromatic N) is 2. The van der Waals surface area contributed by atoms with Gasteiger partial charge in [0.25, 0.3) is 0 Å². The van der Waals surface area contributed by atoms with Crippen molar-refractivity contribution in [2.24, 2.45) is 11.7 Å². The summed E-state index contributed by atoms with van der Waals surface area (Å²) in [6.45, 7) is 3.84. The highest BCUT2D eigenvalue weighted by molar-refractivity contribution is 5.52. The van der Waals surface area contributed by atoms with Gasteiger partial charge in [-0.2, -0.15) is 0 Å². The van der Waals surface area contributed by atoms with E-state index in [1.165, 1.54) is 12.8 Å². The quantitative estimate of drug-likeness (QED) is 0.928. The molecule has 0 amide bonds. The van der Waals surface area contributed by atoms with Crippen LogP contribution in [0.4, 0.5) is 0 Å². The molecule has 4 heteroatoms. The first-order valence-electron chi connectivity index (χ1n) is 7.27. The van der Waals surface area contributed by atoms with Gasteiger partial charge in [0.05, 0.1) is 5.69 Å². The lowest BCUT2D eigenvalue weighted by Crippen LogP contribution is -2.37. The van der Waals surface area contributed by atoms with E-state index < -0.39 is 0 Å². The molecule has 0 bridgehead atoms. The van der Waals surface area contributed by atoms with Crippen LogP contribution in [0.1, 0.15) is 18.5 Å². The Hall–Kier alpha value is -1.65. The number of aromatic nitrogens is 1. The molecule has 1 aliphatic rings. The van der Waals surface area contributed by atoms with Gasteiger partial charge in [-0.15, -0.1) is 0 Å². The summed E-state index contributed by atoms with van der Waals surface area (Å²) in [5.74, 6) is 1.33. The maximum absolute atomic E-state index is 5.78. The van der Waals surface area contributed by atoms with Crippen LogP contribution in [0.3, 0.4) is 0 Å². The van der Waals surface area contributed by atoms with Gasteiger partial charge >= 0.3 is 0 Å². The minimum absolute atomic E-state index is 0.629. The smallest absolute Gasteiger partial charge is 0.226 e. The highest BCUT2D eigenvalue weighted by Gasteiger charge is 2.19. The molecule has 0 saturated carbocycles. The van der Waals surface area contributed by atoms with Crippen molar-refractivity contribution < 1.29 is 4.42 Å². The van der Waals surface area contributed by atoms with Crippen LogP contribution in [-0.2, 0) is 6.54 Å². The summed E-state index contributed by atoms with van der Waals surface area (Å²) in [6.07, 6.45) is 4.25. The summed E-state index contributed by atoms with van der Waals surface area (Å²) in [7, 11) is 0. The molecule has 1 fully saturated rings. The summed E-state index contributed by atoms with van der Waals surface area (Å²) in [6, 6.07) is 10.0. The Labute approximate surface area is 119 Å². The summed E-state index contributed by atoms with van der Waals surface area (Å²) >= 11 is 0. The van der Waals surface area contributed by atoms with E-state index in [0.29, 0.717) is 11.8 Å². The zero-order chi connectivity index (χ0) is 13.8. The fourth-order valence-electron chi connectivity index (χ4n) is 2.81. The first kappa shape index (κ1) is 13.3. The number of benzene rings is 1. The highest BCUT2D eigenvalue weighted by Crippen LogP contribution is 2.21. The van der Waals surface area contributed by atoms with Crippen molar-refractivity contribution in [3.8, 4) is 11.5 Å². The molecule has 0 radical (unpaired) electrons. The molecule has 1 saturated heterocycles. The topological polar surface area (TPSA) is 55.3 Å². The van der Waals surface area contributed by atoms with Gasteiger partial charge in [0, 0.05) is 18.7 Å². The van der Waals surface area contributed by atoms with E-state index in [1.54, 1.807) is 6.26 Å². The lowest BCUT2D eigenvalue weighted by molar-refractivity contribution is 0.169. The van der Waals surface area contributed by atoms with Crippen LogP contribution >= 0.6 is 0 Å². The molecule has 106 valence electrons. The molecule has 0 spiro atoms. The van der Waals surface area contributed by atoms with Gasteiger partial charge in [-0.1, -0.05) is 18.2 Å².